The molecule has 0 saturated carbocycles. The van der Waals surface area contributed by atoms with Crippen LogP contribution in [0, 0.1) is 0 Å². The summed E-state index contributed by atoms with van der Waals surface area (Å²) in [4.78, 5) is 12.2. The Bertz CT molecular complexity index is 692. The van der Waals surface area contributed by atoms with Crippen molar-refractivity contribution in [2.45, 2.75) is 6.61 Å². The smallest absolute Gasteiger partial charge is 0.387 e. The van der Waals surface area contributed by atoms with Gasteiger partial charge in [0.2, 0.25) is 0 Å². The molecule has 0 heterocycles. The molecule has 1 amide bonds. The Balaban J connectivity index is 2.18. The fourth-order valence-corrected chi connectivity index (χ4v) is 1.91. The van der Waals surface area contributed by atoms with Crippen LogP contribution >= 0.6 is 0 Å². The minimum Gasteiger partial charge on any atom is -0.497 e. The summed E-state index contributed by atoms with van der Waals surface area (Å²) in [5.74, 6) is 0.0882. The Morgan fingerprint density at radius 1 is 1.04 bits per heavy atom. The van der Waals surface area contributed by atoms with Crippen LogP contribution in [0.15, 0.2) is 42.5 Å². The third kappa shape index (κ3) is 4.32. The van der Waals surface area contributed by atoms with Crippen molar-refractivity contribution in [3.05, 3.63) is 48.0 Å². The number of anilines is 1. The van der Waals surface area contributed by atoms with Crippen molar-refractivity contribution in [3.8, 4) is 17.2 Å². The van der Waals surface area contributed by atoms with Gasteiger partial charge >= 0.3 is 6.61 Å². The van der Waals surface area contributed by atoms with Gasteiger partial charge in [-0.1, -0.05) is 6.07 Å². The maximum absolute atomic E-state index is 12.3. The number of amides is 1. The van der Waals surface area contributed by atoms with Gasteiger partial charge in [-0.2, -0.15) is 8.78 Å². The Hall–Kier alpha value is -2.83. The van der Waals surface area contributed by atoms with Crippen molar-refractivity contribution in [1.29, 1.82) is 0 Å². The molecule has 0 unspecified atom stereocenters. The monoisotopic (exact) mass is 323 g/mol. The Labute approximate surface area is 131 Å². The Kier molecular flexibility index (Phi) is 5.35. The average molecular weight is 323 g/mol. The zero-order valence-corrected chi connectivity index (χ0v) is 12.5. The van der Waals surface area contributed by atoms with Gasteiger partial charge in [0, 0.05) is 17.3 Å². The third-order valence-corrected chi connectivity index (χ3v) is 2.97. The van der Waals surface area contributed by atoms with Crippen molar-refractivity contribution in [1.82, 2.24) is 0 Å². The number of halogens is 2. The number of methoxy groups -OCH3 is 2. The lowest BCUT2D eigenvalue weighted by molar-refractivity contribution is -0.0512. The lowest BCUT2D eigenvalue weighted by Crippen LogP contribution is -2.12. The van der Waals surface area contributed by atoms with Crippen LogP contribution in [0.1, 0.15) is 10.4 Å². The summed E-state index contributed by atoms with van der Waals surface area (Å²) >= 11 is 0. The molecule has 0 radical (unpaired) electrons. The standard InChI is InChI=1S/C16H15F2NO4/c1-21-12-5-3-4-11(9-12)19-15(20)10-6-7-13(23-16(17)18)14(8-10)22-2/h3-9,16H,1-2H3,(H,19,20). The van der Waals surface area contributed by atoms with Gasteiger partial charge in [-0.3, -0.25) is 4.79 Å². The first kappa shape index (κ1) is 16.5. The minimum atomic E-state index is -2.97. The molecule has 0 atom stereocenters. The Morgan fingerprint density at radius 3 is 2.48 bits per heavy atom. The summed E-state index contributed by atoms with van der Waals surface area (Å²) in [6.07, 6.45) is 0. The maximum Gasteiger partial charge on any atom is 0.387 e. The first-order chi connectivity index (χ1) is 11.0. The average Bonchev–Trinajstić information content (AvgIpc) is 2.54. The van der Waals surface area contributed by atoms with Gasteiger partial charge in [-0.15, -0.1) is 0 Å². The van der Waals surface area contributed by atoms with Crippen molar-refractivity contribution < 1.29 is 27.8 Å². The Morgan fingerprint density at radius 2 is 1.83 bits per heavy atom. The number of rotatable bonds is 6. The van der Waals surface area contributed by atoms with Crippen LogP contribution in [0.5, 0.6) is 17.2 Å². The minimum absolute atomic E-state index is 0.0450. The van der Waals surface area contributed by atoms with Gasteiger partial charge in [0.05, 0.1) is 14.2 Å². The summed E-state index contributed by atoms with van der Waals surface area (Å²) < 4.78 is 38.9. The van der Waals surface area contributed by atoms with Gasteiger partial charge in [0.15, 0.2) is 11.5 Å². The molecule has 0 spiro atoms. The number of hydrogen-bond acceptors (Lipinski definition) is 4. The van der Waals surface area contributed by atoms with E-state index in [0.717, 1.165) is 0 Å². The number of carbonyl (C=O) groups is 1. The molecule has 0 aliphatic rings. The summed E-state index contributed by atoms with van der Waals surface area (Å²) in [6.45, 7) is -2.97. The zero-order chi connectivity index (χ0) is 16.8. The number of carbonyl (C=O) groups excluding carboxylic acids is 1. The second-order valence-electron chi connectivity index (χ2n) is 4.43. The van der Waals surface area contributed by atoms with E-state index >= 15 is 0 Å². The molecule has 0 aliphatic heterocycles. The van der Waals surface area contributed by atoms with Crippen LogP contribution in [0.4, 0.5) is 14.5 Å². The highest BCUT2D eigenvalue weighted by atomic mass is 19.3. The van der Waals surface area contributed by atoms with E-state index in [9.17, 15) is 13.6 Å². The number of hydrogen-bond donors (Lipinski definition) is 1. The van der Waals surface area contributed by atoms with Gasteiger partial charge in [0.1, 0.15) is 5.75 Å². The van der Waals surface area contributed by atoms with E-state index in [1.165, 1.54) is 32.4 Å². The molecule has 5 nitrogen and oxygen atoms in total. The first-order valence-corrected chi connectivity index (χ1v) is 6.61. The molecule has 0 bridgehead atoms. The normalized spacial score (nSPS) is 10.3. The van der Waals surface area contributed by atoms with E-state index in [4.69, 9.17) is 9.47 Å². The number of ether oxygens (including phenoxy) is 3. The van der Waals surface area contributed by atoms with E-state index in [-0.39, 0.29) is 17.1 Å². The lowest BCUT2D eigenvalue weighted by atomic mass is 10.2. The molecule has 0 fully saturated rings. The number of alkyl halides is 2. The highest BCUT2D eigenvalue weighted by Gasteiger charge is 2.14. The fraction of sp³-hybridized carbons (Fsp3) is 0.188. The molecule has 0 aromatic heterocycles. The molecule has 2 aromatic carbocycles. The van der Waals surface area contributed by atoms with Gasteiger partial charge in [-0.25, -0.2) is 0 Å². The summed E-state index contributed by atoms with van der Waals surface area (Å²) in [7, 11) is 2.82. The second kappa shape index (κ2) is 7.44. The summed E-state index contributed by atoms with van der Waals surface area (Å²) in [5.41, 5.74) is 0.785. The van der Waals surface area contributed by atoms with Gasteiger partial charge in [0.25, 0.3) is 5.91 Å². The number of benzene rings is 2. The largest absolute Gasteiger partial charge is 0.497 e. The van der Waals surface area contributed by atoms with Crippen molar-refractivity contribution in [3.63, 3.8) is 0 Å². The quantitative estimate of drug-likeness (QED) is 0.883. The van der Waals surface area contributed by atoms with Crippen LogP contribution in [0.25, 0.3) is 0 Å². The second-order valence-corrected chi connectivity index (χ2v) is 4.43. The van der Waals surface area contributed by atoms with E-state index < -0.39 is 12.5 Å². The fourth-order valence-electron chi connectivity index (χ4n) is 1.91. The van der Waals surface area contributed by atoms with Gasteiger partial charge in [-0.05, 0) is 30.3 Å². The summed E-state index contributed by atoms with van der Waals surface area (Å²) in [6, 6.07) is 10.8. The predicted molar refractivity (Wildman–Crippen MR) is 80.6 cm³/mol. The first-order valence-electron chi connectivity index (χ1n) is 6.61. The summed E-state index contributed by atoms with van der Waals surface area (Å²) in [5, 5.41) is 2.68. The van der Waals surface area contributed by atoms with Crippen LogP contribution in [-0.2, 0) is 0 Å². The molecule has 0 aliphatic carbocycles. The van der Waals surface area contributed by atoms with Crippen LogP contribution in [0.3, 0.4) is 0 Å². The molecule has 1 N–H and O–H groups in total. The molecule has 122 valence electrons. The lowest BCUT2D eigenvalue weighted by Gasteiger charge is -2.12. The van der Waals surface area contributed by atoms with E-state index in [1.807, 2.05) is 0 Å². The third-order valence-electron chi connectivity index (χ3n) is 2.97. The van der Waals surface area contributed by atoms with E-state index in [2.05, 4.69) is 10.1 Å². The molecule has 2 rings (SSSR count). The zero-order valence-electron chi connectivity index (χ0n) is 12.5. The number of nitrogens with one attached hydrogen (secondary N) is 1. The molecular formula is C16H15F2NO4. The van der Waals surface area contributed by atoms with Crippen molar-refractivity contribution >= 4 is 11.6 Å². The SMILES string of the molecule is COc1cccc(NC(=O)c2ccc(OC(F)F)c(OC)c2)c1. The topological polar surface area (TPSA) is 56.8 Å². The van der Waals surface area contributed by atoms with Crippen molar-refractivity contribution in [2.75, 3.05) is 19.5 Å². The predicted octanol–water partition coefficient (Wildman–Crippen LogP) is 3.56. The molecule has 7 heteroatoms. The van der Waals surface area contributed by atoms with Crippen molar-refractivity contribution in [2.24, 2.45) is 0 Å². The molecule has 2 aromatic rings. The van der Waals surface area contributed by atoms with E-state index in [1.54, 1.807) is 24.3 Å². The molecule has 23 heavy (non-hydrogen) atoms. The van der Waals surface area contributed by atoms with Crippen LogP contribution in [-0.4, -0.2) is 26.7 Å². The van der Waals surface area contributed by atoms with E-state index in [0.29, 0.717) is 11.4 Å². The van der Waals surface area contributed by atoms with Crippen LogP contribution < -0.4 is 19.5 Å². The highest BCUT2D eigenvalue weighted by molar-refractivity contribution is 6.04. The van der Waals surface area contributed by atoms with Gasteiger partial charge < -0.3 is 19.5 Å². The van der Waals surface area contributed by atoms with Crippen LogP contribution in [0.2, 0.25) is 0 Å². The highest BCUT2D eigenvalue weighted by Crippen LogP contribution is 2.29. The maximum atomic E-state index is 12.3. The molecule has 0 saturated heterocycles. The molecular weight excluding hydrogens is 308 g/mol.